The summed E-state index contributed by atoms with van der Waals surface area (Å²) < 4.78 is 0. The lowest BCUT2D eigenvalue weighted by Gasteiger charge is -2.48. The summed E-state index contributed by atoms with van der Waals surface area (Å²) in [6.07, 6.45) is 4.17. The van der Waals surface area contributed by atoms with Gasteiger partial charge in [-0.2, -0.15) is 0 Å². The fraction of sp³-hybridized carbons (Fsp3) is 0.127. The van der Waals surface area contributed by atoms with Crippen molar-refractivity contribution in [2.24, 2.45) is 9.98 Å². The van der Waals surface area contributed by atoms with Crippen molar-refractivity contribution in [1.29, 1.82) is 0 Å². The minimum absolute atomic E-state index is 0.275. The summed E-state index contributed by atoms with van der Waals surface area (Å²) in [6, 6.07) is 63.5. The molecule has 0 amide bonds. The van der Waals surface area contributed by atoms with Gasteiger partial charge in [-0.1, -0.05) is 196 Å². The van der Waals surface area contributed by atoms with Crippen LogP contribution in [0.15, 0.2) is 204 Å². The topological polar surface area (TPSA) is 36.8 Å². The van der Waals surface area contributed by atoms with Crippen LogP contribution in [0.3, 0.4) is 0 Å². The monoisotopic (exact) mass is 747 g/mol. The number of benzene rings is 7. The molecule has 0 radical (unpaired) electrons. The average Bonchev–Trinajstić information content (AvgIpc) is 3.53. The van der Waals surface area contributed by atoms with Gasteiger partial charge in [0.25, 0.3) is 0 Å². The fourth-order valence-electron chi connectivity index (χ4n) is 10.0. The summed E-state index contributed by atoms with van der Waals surface area (Å²) in [6.45, 7) is 9.28. The standard InChI is InChI=1S/C55H45N3/c1-5-20-41-36(2)55(46-31-15-14-28-44(41)46)48-33-17-16-32-47(48)54(3,4)50-43(30-19-34-49(50)55)39-25-18-26-40(35-39)52-56-51(38-23-10-7-11-24-38)57-53(58-52)45-29-13-12-27-42(45)37-21-8-6-9-22-37/h5-35,51H,1-4H3,(H,56,57,58)/b20-5-. The predicted octanol–water partition coefficient (Wildman–Crippen LogP) is 12.9. The molecule has 3 aliphatic rings. The smallest absolute Gasteiger partial charge is 0.160 e. The number of nitrogens with zero attached hydrogens (tertiary/aromatic N) is 2. The molecule has 58 heavy (non-hydrogen) atoms. The van der Waals surface area contributed by atoms with Gasteiger partial charge in [0, 0.05) is 16.5 Å². The van der Waals surface area contributed by atoms with Crippen LogP contribution in [-0.4, -0.2) is 11.7 Å². The summed E-state index contributed by atoms with van der Waals surface area (Å²) >= 11 is 0. The molecule has 2 aliphatic carbocycles. The maximum absolute atomic E-state index is 5.33. The van der Waals surface area contributed by atoms with Gasteiger partial charge in [-0.25, -0.2) is 9.98 Å². The maximum atomic E-state index is 5.33. The van der Waals surface area contributed by atoms with Crippen LogP contribution in [0.1, 0.15) is 83.9 Å². The lowest BCUT2D eigenvalue weighted by Crippen LogP contribution is -2.41. The minimum atomic E-state index is -0.421. The van der Waals surface area contributed by atoms with E-state index in [1.54, 1.807) is 0 Å². The van der Waals surface area contributed by atoms with Crippen molar-refractivity contribution in [3.63, 3.8) is 0 Å². The summed E-state index contributed by atoms with van der Waals surface area (Å²) in [4.78, 5) is 10.6. The summed E-state index contributed by atoms with van der Waals surface area (Å²) in [5.41, 5.74) is 17.9. The third-order valence-electron chi connectivity index (χ3n) is 12.6. The number of aliphatic imine (C=N–C) groups is 2. The van der Waals surface area contributed by atoms with Crippen molar-refractivity contribution >= 4 is 17.2 Å². The lowest BCUT2D eigenvalue weighted by molar-refractivity contribution is 0.559. The molecule has 3 heteroatoms. The normalized spacial score (nSPS) is 18.9. The molecular weight excluding hydrogens is 703 g/mol. The summed E-state index contributed by atoms with van der Waals surface area (Å²) in [5, 5.41) is 3.74. The van der Waals surface area contributed by atoms with E-state index in [4.69, 9.17) is 9.98 Å². The van der Waals surface area contributed by atoms with Gasteiger partial charge in [0.05, 0.1) is 5.41 Å². The molecular formula is C55H45N3. The van der Waals surface area contributed by atoms with Crippen LogP contribution in [-0.2, 0) is 10.8 Å². The van der Waals surface area contributed by atoms with E-state index in [1.807, 2.05) is 6.07 Å². The second-order valence-electron chi connectivity index (χ2n) is 16.1. The Morgan fingerprint density at radius 1 is 0.534 bits per heavy atom. The number of rotatable bonds is 6. The van der Waals surface area contributed by atoms with E-state index in [0.29, 0.717) is 5.84 Å². The van der Waals surface area contributed by atoms with Gasteiger partial charge >= 0.3 is 0 Å². The second-order valence-corrected chi connectivity index (χ2v) is 16.1. The van der Waals surface area contributed by atoms with E-state index < -0.39 is 5.41 Å². The first kappa shape index (κ1) is 35.6. The van der Waals surface area contributed by atoms with Crippen molar-refractivity contribution in [3.05, 3.63) is 244 Å². The molecule has 7 aromatic rings. The molecule has 2 unspecified atom stereocenters. The first-order valence-corrected chi connectivity index (χ1v) is 20.3. The van der Waals surface area contributed by atoms with E-state index in [2.05, 4.69) is 215 Å². The Bertz CT molecular complexity index is 2860. The first-order chi connectivity index (χ1) is 28.4. The summed E-state index contributed by atoms with van der Waals surface area (Å²) in [5.74, 6) is 1.51. The zero-order valence-corrected chi connectivity index (χ0v) is 33.4. The second kappa shape index (κ2) is 14.0. The molecule has 0 bridgehead atoms. The van der Waals surface area contributed by atoms with E-state index in [9.17, 15) is 0 Å². The van der Waals surface area contributed by atoms with Crippen molar-refractivity contribution in [1.82, 2.24) is 5.32 Å². The molecule has 3 nitrogen and oxygen atoms in total. The molecule has 1 aliphatic heterocycles. The Morgan fingerprint density at radius 2 is 1.10 bits per heavy atom. The van der Waals surface area contributed by atoms with Crippen LogP contribution >= 0.6 is 0 Å². The van der Waals surface area contributed by atoms with Crippen LogP contribution in [0.4, 0.5) is 0 Å². The molecule has 7 aromatic carbocycles. The number of fused-ring (bicyclic) bond motifs is 6. The van der Waals surface area contributed by atoms with Crippen LogP contribution < -0.4 is 5.32 Å². The Labute approximate surface area is 341 Å². The molecule has 280 valence electrons. The third-order valence-corrected chi connectivity index (χ3v) is 12.6. The van der Waals surface area contributed by atoms with Gasteiger partial charge in [0.1, 0.15) is 12.0 Å². The maximum Gasteiger partial charge on any atom is 0.160 e. The zero-order valence-electron chi connectivity index (χ0n) is 33.4. The van der Waals surface area contributed by atoms with Crippen LogP contribution in [0, 0.1) is 0 Å². The van der Waals surface area contributed by atoms with Crippen LogP contribution in [0.2, 0.25) is 0 Å². The molecule has 2 atom stereocenters. The number of nitrogens with one attached hydrogen (secondary N) is 1. The fourth-order valence-corrected chi connectivity index (χ4v) is 10.0. The Hall–Kier alpha value is -6.84. The van der Waals surface area contributed by atoms with Gasteiger partial charge in [-0.15, -0.1) is 0 Å². The highest BCUT2D eigenvalue weighted by Gasteiger charge is 2.53. The van der Waals surface area contributed by atoms with Crippen molar-refractivity contribution in [2.75, 3.05) is 0 Å². The molecule has 1 N–H and O–H groups in total. The van der Waals surface area contributed by atoms with Crippen molar-refractivity contribution in [3.8, 4) is 22.3 Å². The van der Waals surface area contributed by atoms with Gasteiger partial charge in [0.15, 0.2) is 5.84 Å². The Morgan fingerprint density at radius 3 is 1.86 bits per heavy atom. The highest BCUT2D eigenvalue weighted by Crippen LogP contribution is 2.62. The van der Waals surface area contributed by atoms with E-state index in [0.717, 1.165) is 39.2 Å². The molecule has 0 saturated heterocycles. The van der Waals surface area contributed by atoms with E-state index >= 15 is 0 Å². The molecule has 0 fully saturated rings. The van der Waals surface area contributed by atoms with Crippen LogP contribution in [0.5, 0.6) is 0 Å². The Kier molecular flexibility index (Phi) is 8.56. The molecule has 0 aromatic heterocycles. The average molecular weight is 748 g/mol. The van der Waals surface area contributed by atoms with Crippen molar-refractivity contribution < 1.29 is 0 Å². The number of hydrogen-bond acceptors (Lipinski definition) is 3. The minimum Gasteiger partial charge on any atom is -0.344 e. The quantitative estimate of drug-likeness (QED) is 0.181. The number of hydrogen-bond donors (Lipinski definition) is 1. The van der Waals surface area contributed by atoms with Crippen LogP contribution in [0.25, 0.3) is 27.8 Å². The summed E-state index contributed by atoms with van der Waals surface area (Å²) in [7, 11) is 0. The number of amidine groups is 2. The van der Waals surface area contributed by atoms with E-state index in [-0.39, 0.29) is 11.6 Å². The highest BCUT2D eigenvalue weighted by atomic mass is 15.2. The first-order valence-electron chi connectivity index (χ1n) is 20.3. The van der Waals surface area contributed by atoms with Gasteiger partial charge in [-0.05, 0) is 92.3 Å². The van der Waals surface area contributed by atoms with Gasteiger partial charge < -0.3 is 5.32 Å². The number of allylic oxidation sites excluding steroid dienone is 4. The molecule has 0 saturated carbocycles. The molecule has 1 heterocycles. The van der Waals surface area contributed by atoms with Crippen molar-refractivity contribution in [2.45, 2.75) is 44.7 Å². The zero-order chi connectivity index (χ0) is 39.4. The largest absolute Gasteiger partial charge is 0.344 e. The Balaban J connectivity index is 1.16. The molecule has 1 spiro atoms. The highest BCUT2D eigenvalue weighted by molar-refractivity contribution is 6.15. The van der Waals surface area contributed by atoms with Gasteiger partial charge in [0.2, 0.25) is 0 Å². The lowest BCUT2D eigenvalue weighted by atomic mass is 9.54. The SMILES string of the molecule is C/C=C\C1=C(C)C2(c3ccccc31)c1ccccc1C(C)(C)c1c(-c3cccc(C4=NC(c5ccccc5-c5ccccc5)=NC(c5ccccc5)N4)c3)cccc12. The van der Waals surface area contributed by atoms with Gasteiger partial charge in [-0.3, -0.25) is 0 Å². The molecule has 10 rings (SSSR count). The van der Waals surface area contributed by atoms with E-state index in [1.165, 1.54) is 50.1 Å². The predicted molar refractivity (Wildman–Crippen MR) is 241 cm³/mol. The third kappa shape index (κ3) is 5.41.